The van der Waals surface area contributed by atoms with Crippen LogP contribution >= 0.6 is 0 Å². The summed E-state index contributed by atoms with van der Waals surface area (Å²) < 4.78 is 74.7. The molecule has 0 aliphatic carbocycles. The molecule has 6 heteroatoms. The number of fused-ring (bicyclic) bond motifs is 5. The van der Waals surface area contributed by atoms with Crippen LogP contribution in [0.15, 0.2) is 126 Å². The van der Waals surface area contributed by atoms with Gasteiger partial charge in [0.1, 0.15) is 5.58 Å². The first kappa shape index (κ1) is 30.3. The standard InChI is InChI=1S/C37H33N2O.C14H11N2.Ir/c1-22(2)29-15-16-30(32-18-28(19-37(4,5)6)23(3)21-39-32)35-34(29)31-14-13-27(20-38)33(36(31)40-35)26-12-11-24-9-7-8-10-25(24)17-26;1-15-11-16(12-7-3-2-4-8-12)14-10-6-5-9-13(14)15;/h7-15,17-18,21-22H,19H2,1-6H3;2-7,9-10H,1H3;/q2*-1;+3/i3D3,19D2;1D3;. The topological polar surface area (TPSA) is 58.6 Å². The average Bonchev–Trinajstić information content (AvgIpc) is 3.85. The summed E-state index contributed by atoms with van der Waals surface area (Å²) in [4.78, 5) is 4.54. The number of pyridine rings is 1. The molecule has 0 saturated heterocycles. The van der Waals surface area contributed by atoms with Crippen molar-refractivity contribution in [3.05, 3.63) is 162 Å². The van der Waals surface area contributed by atoms with Crippen LogP contribution in [0.5, 0.6) is 0 Å². The van der Waals surface area contributed by atoms with Crippen molar-refractivity contribution in [2.24, 2.45) is 12.4 Å². The Morgan fingerprint density at radius 3 is 2.46 bits per heavy atom. The van der Waals surface area contributed by atoms with Crippen LogP contribution in [0.4, 0.5) is 0 Å². The van der Waals surface area contributed by atoms with Gasteiger partial charge in [-0.25, -0.2) is 0 Å². The number of nitriles is 1. The second kappa shape index (κ2) is 15.9. The first-order valence-corrected chi connectivity index (χ1v) is 18.5. The van der Waals surface area contributed by atoms with Gasteiger partial charge < -0.3 is 18.5 Å². The Morgan fingerprint density at radius 2 is 1.72 bits per heavy atom. The van der Waals surface area contributed by atoms with Gasteiger partial charge in [-0.1, -0.05) is 136 Å². The van der Waals surface area contributed by atoms with Crippen molar-refractivity contribution in [2.75, 3.05) is 0 Å². The molecule has 9 rings (SSSR count). The van der Waals surface area contributed by atoms with Crippen molar-refractivity contribution in [3.8, 4) is 34.1 Å². The molecule has 0 spiro atoms. The SMILES string of the molecule is [2H]C([2H])([2H])[n+]1[c-]n(-c2[c-]cccc2)c2ccccc21.[2H]C([2H])([2H])c1cnc(-c2[c-]cc(C(C)C)c3c2oc2c(-c4ccc5ccccc5c4)c(C#N)ccc23)cc1C([2H])([2H])C(C)(C)C.[Ir+3]. The van der Waals surface area contributed by atoms with Crippen molar-refractivity contribution in [2.45, 2.75) is 53.8 Å². The van der Waals surface area contributed by atoms with Crippen molar-refractivity contribution in [3.63, 3.8) is 0 Å². The van der Waals surface area contributed by atoms with E-state index in [-0.39, 0.29) is 37.2 Å². The van der Waals surface area contributed by atoms with Gasteiger partial charge in [0.15, 0.2) is 0 Å². The monoisotopic (exact) mass is 929 g/mol. The predicted octanol–water partition coefficient (Wildman–Crippen LogP) is 12.2. The van der Waals surface area contributed by atoms with Crippen molar-refractivity contribution < 1.29 is 40.1 Å². The molecular formula is C51H44IrN4O+. The molecule has 9 aromatic rings. The summed E-state index contributed by atoms with van der Waals surface area (Å²) in [6.07, 6.45) is 2.16. The predicted molar refractivity (Wildman–Crippen MR) is 228 cm³/mol. The third kappa shape index (κ3) is 7.66. The van der Waals surface area contributed by atoms with E-state index in [4.69, 9.17) is 15.4 Å². The number of aromatic nitrogens is 3. The maximum atomic E-state index is 10.2. The molecule has 0 aliphatic heterocycles. The van der Waals surface area contributed by atoms with E-state index >= 15 is 0 Å². The number of nitrogens with zero attached hydrogens (tertiary/aromatic N) is 4. The van der Waals surface area contributed by atoms with Crippen molar-refractivity contribution in [1.82, 2.24) is 9.55 Å². The van der Waals surface area contributed by atoms with E-state index in [1.807, 2.05) is 91.0 Å². The third-order valence-electron chi connectivity index (χ3n) is 9.69. The fraction of sp³-hybridized carbons (Fsp3) is 0.196. The third-order valence-corrected chi connectivity index (χ3v) is 9.69. The molecule has 3 heterocycles. The van der Waals surface area contributed by atoms with E-state index in [2.05, 4.69) is 49.4 Å². The molecule has 0 aliphatic rings. The largest absolute Gasteiger partial charge is 3.00 e. The number of benzene rings is 6. The Morgan fingerprint density at radius 1 is 0.930 bits per heavy atom. The van der Waals surface area contributed by atoms with E-state index < -0.39 is 25.6 Å². The number of aryl methyl sites for hydroxylation is 2. The van der Waals surface area contributed by atoms with Crippen LogP contribution in [0.2, 0.25) is 0 Å². The van der Waals surface area contributed by atoms with Crippen LogP contribution in [0, 0.1) is 42.1 Å². The van der Waals surface area contributed by atoms with Crippen LogP contribution < -0.4 is 4.57 Å². The van der Waals surface area contributed by atoms with Crippen molar-refractivity contribution >= 4 is 43.7 Å². The Balaban J connectivity index is 0.000000262. The van der Waals surface area contributed by atoms with E-state index in [1.54, 1.807) is 37.5 Å². The van der Waals surface area contributed by atoms with E-state index in [0.29, 0.717) is 39.1 Å². The minimum Gasteiger partial charge on any atom is -0.500 e. The molecule has 0 radical (unpaired) electrons. The fourth-order valence-electron chi connectivity index (χ4n) is 7.14. The first-order valence-electron chi connectivity index (χ1n) is 22.5. The number of para-hydroxylation sites is 3. The second-order valence-corrected chi connectivity index (χ2v) is 15.1. The summed E-state index contributed by atoms with van der Waals surface area (Å²) in [5.74, 6) is 0.120. The van der Waals surface area contributed by atoms with Gasteiger partial charge >= 0.3 is 20.1 Å². The molecule has 0 unspecified atom stereocenters. The Bertz CT molecular complexity index is 3270. The number of furan rings is 1. The second-order valence-electron chi connectivity index (χ2n) is 15.1. The fourth-order valence-corrected chi connectivity index (χ4v) is 7.14. The minimum atomic E-state index is -2.55. The van der Waals surface area contributed by atoms with Crippen molar-refractivity contribution in [1.29, 1.82) is 5.26 Å². The quantitative estimate of drug-likeness (QED) is 0.128. The zero-order chi connectivity index (χ0) is 45.9. The van der Waals surface area contributed by atoms with Crippen LogP contribution in [0.25, 0.3) is 71.8 Å². The first-order chi connectivity index (χ1) is 30.2. The normalized spacial score (nSPS) is 14.3. The van der Waals surface area contributed by atoms with Gasteiger partial charge in [-0.05, 0) is 58.4 Å². The summed E-state index contributed by atoms with van der Waals surface area (Å²) >= 11 is 0. The summed E-state index contributed by atoms with van der Waals surface area (Å²) in [6.45, 7) is 4.62. The molecule has 5 nitrogen and oxygen atoms in total. The number of hydrogen-bond acceptors (Lipinski definition) is 3. The molecule has 0 saturated carbocycles. The summed E-state index contributed by atoms with van der Waals surface area (Å²) in [5.41, 5.74) is 6.18. The molecule has 282 valence electrons. The van der Waals surface area contributed by atoms with E-state index in [9.17, 15) is 5.26 Å². The number of imidazole rings is 1. The zero-order valence-electron chi connectivity index (χ0n) is 40.2. The number of hydrogen-bond donors (Lipinski definition) is 0. The van der Waals surface area contributed by atoms with Gasteiger partial charge in [-0.3, -0.25) is 0 Å². The molecule has 3 aromatic heterocycles. The average molecular weight is 929 g/mol. The van der Waals surface area contributed by atoms with Gasteiger partial charge in [0, 0.05) is 24.0 Å². The molecule has 57 heavy (non-hydrogen) atoms. The zero-order valence-corrected chi connectivity index (χ0v) is 34.5. The minimum absolute atomic E-state index is 0. The van der Waals surface area contributed by atoms with Gasteiger partial charge in [-0.15, -0.1) is 17.7 Å². The van der Waals surface area contributed by atoms with Crippen LogP contribution in [0.1, 0.15) is 73.8 Å². The van der Waals surface area contributed by atoms with Gasteiger partial charge in [0.2, 0.25) is 6.33 Å². The molecule has 0 N–H and O–H groups in total. The smallest absolute Gasteiger partial charge is 0.500 e. The van der Waals surface area contributed by atoms with Gasteiger partial charge in [-0.2, -0.15) is 35.6 Å². The maximum absolute atomic E-state index is 10.2. The Labute approximate surface area is 359 Å². The summed E-state index contributed by atoms with van der Waals surface area (Å²) in [7, 11) is 0. The summed E-state index contributed by atoms with van der Waals surface area (Å²) in [5, 5.41) is 14.0. The van der Waals surface area contributed by atoms with E-state index in [1.165, 1.54) is 16.8 Å². The van der Waals surface area contributed by atoms with Crippen LogP contribution in [-0.4, -0.2) is 9.55 Å². The summed E-state index contributed by atoms with van der Waals surface area (Å²) in [6, 6.07) is 44.8. The maximum Gasteiger partial charge on any atom is 3.00 e. The number of rotatable bonds is 5. The molecule has 0 amide bonds. The molecule has 0 atom stereocenters. The molecule has 0 fully saturated rings. The van der Waals surface area contributed by atoms with Gasteiger partial charge in [0.25, 0.3) is 0 Å². The molecular weight excluding hydrogens is 877 g/mol. The van der Waals surface area contributed by atoms with Gasteiger partial charge in [0.05, 0.1) is 39.3 Å². The van der Waals surface area contributed by atoms with Crippen LogP contribution in [-0.2, 0) is 33.5 Å². The Hall–Kier alpha value is -5.86. The Kier molecular flexibility index (Phi) is 8.48. The molecule has 6 aromatic carbocycles. The van der Waals surface area contributed by atoms with E-state index in [0.717, 1.165) is 43.9 Å². The van der Waals surface area contributed by atoms with Crippen LogP contribution in [0.3, 0.4) is 0 Å². The molecule has 0 bridgehead atoms.